The molecule has 0 amide bonds. The van der Waals surface area contributed by atoms with Crippen LogP contribution >= 0.6 is 0 Å². The topological polar surface area (TPSA) is 76.7 Å². The number of methoxy groups -OCH3 is 2. The molecule has 0 bridgehead atoms. The molecule has 2 N–H and O–H groups in total. The van der Waals surface area contributed by atoms with Crippen LogP contribution in [0.15, 0.2) is 122 Å². The van der Waals surface area contributed by atoms with Gasteiger partial charge in [-0.05, 0) is 41.8 Å². The highest BCUT2D eigenvalue weighted by molar-refractivity contribution is 6.05. The van der Waals surface area contributed by atoms with Gasteiger partial charge in [0, 0.05) is 35.7 Å². The van der Waals surface area contributed by atoms with Gasteiger partial charge in [0.1, 0.15) is 11.5 Å². The van der Waals surface area contributed by atoms with Gasteiger partial charge in [-0.25, -0.2) is 0 Å². The van der Waals surface area contributed by atoms with Gasteiger partial charge in [-0.2, -0.15) is 0 Å². The maximum atomic E-state index is 12.3. The fraction of sp³-hybridized carbons (Fsp3) is 0.0909. The van der Waals surface area contributed by atoms with E-state index in [4.69, 9.17) is 9.47 Å². The Hall–Kier alpha value is -5.10. The van der Waals surface area contributed by atoms with Gasteiger partial charge in [0.15, 0.2) is 11.6 Å². The number of nitrogens with one attached hydrogen (secondary N) is 2. The summed E-state index contributed by atoms with van der Waals surface area (Å²) in [6, 6.07) is 30.0. The van der Waals surface area contributed by atoms with Crippen molar-refractivity contribution in [2.45, 2.75) is 6.42 Å². The fourth-order valence-electron chi connectivity index (χ4n) is 3.98. The number of benzene rings is 4. The lowest BCUT2D eigenvalue weighted by Gasteiger charge is -2.13. The van der Waals surface area contributed by atoms with Gasteiger partial charge in [-0.15, -0.1) is 0 Å². The van der Waals surface area contributed by atoms with Crippen molar-refractivity contribution in [3.05, 3.63) is 144 Å². The summed E-state index contributed by atoms with van der Waals surface area (Å²) >= 11 is 0. The molecule has 0 aliphatic carbocycles. The third-order valence-corrected chi connectivity index (χ3v) is 6.00. The lowest BCUT2D eigenvalue weighted by atomic mass is 10.0. The van der Waals surface area contributed by atoms with Crippen molar-refractivity contribution in [3.63, 3.8) is 0 Å². The molecule has 0 unspecified atom stereocenters. The summed E-state index contributed by atoms with van der Waals surface area (Å²) in [6.07, 6.45) is 6.89. The standard InChI is InChI=1S/C33H30N2O4/c1-38-32-22-24(13-15-28(32)34-19-17-30(36)26-9-5-3-6-10-26)21-25-14-16-29(33(23-25)39-2)35-20-18-31(37)27-11-7-4-8-12-27/h3-20,22-23,34-35H,21H2,1-2H3/b19-17+,20-18+. The second kappa shape index (κ2) is 13.4. The third kappa shape index (κ3) is 7.46. The molecule has 4 rings (SSSR count). The molecule has 0 aliphatic heterocycles. The van der Waals surface area contributed by atoms with E-state index in [1.165, 1.54) is 12.2 Å². The van der Waals surface area contributed by atoms with Gasteiger partial charge in [0.2, 0.25) is 0 Å². The van der Waals surface area contributed by atoms with Crippen molar-refractivity contribution in [2.75, 3.05) is 24.9 Å². The maximum absolute atomic E-state index is 12.3. The highest BCUT2D eigenvalue weighted by Crippen LogP contribution is 2.30. The Morgan fingerprint density at radius 2 is 1.03 bits per heavy atom. The van der Waals surface area contributed by atoms with Gasteiger partial charge < -0.3 is 20.1 Å². The summed E-state index contributed by atoms with van der Waals surface area (Å²) in [5.41, 5.74) is 4.88. The quantitative estimate of drug-likeness (QED) is 0.157. The summed E-state index contributed by atoms with van der Waals surface area (Å²) in [6.45, 7) is 0. The molecular weight excluding hydrogens is 488 g/mol. The molecule has 0 saturated heterocycles. The van der Waals surface area contributed by atoms with Gasteiger partial charge in [0.05, 0.1) is 25.6 Å². The normalized spacial score (nSPS) is 10.9. The number of anilines is 2. The molecule has 0 aromatic heterocycles. The predicted molar refractivity (Wildman–Crippen MR) is 156 cm³/mol. The molecule has 0 atom stereocenters. The average molecular weight is 519 g/mol. The molecule has 6 nitrogen and oxygen atoms in total. The summed E-state index contributed by atoms with van der Waals surface area (Å²) < 4.78 is 11.1. The van der Waals surface area contributed by atoms with E-state index in [2.05, 4.69) is 10.6 Å². The van der Waals surface area contributed by atoms with E-state index in [9.17, 15) is 9.59 Å². The van der Waals surface area contributed by atoms with Crippen molar-refractivity contribution < 1.29 is 19.1 Å². The van der Waals surface area contributed by atoms with E-state index in [1.54, 1.807) is 50.9 Å². The molecule has 6 heteroatoms. The second-order valence-corrected chi connectivity index (χ2v) is 8.66. The van der Waals surface area contributed by atoms with Crippen LogP contribution in [-0.4, -0.2) is 25.8 Å². The lowest BCUT2D eigenvalue weighted by molar-refractivity contribution is 0.103. The van der Waals surface area contributed by atoms with Crippen molar-refractivity contribution in [1.29, 1.82) is 0 Å². The number of rotatable bonds is 12. The second-order valence-electron chi connectivity index (χ2n) is 8.66. The molecule has 4 aromatic carbocycles. The smallest absolute Gasteiger partial charge is 0.187 e. The molecular formula is C33H30N2O4. The number of ether oxygens (including phenoxy) is 2. The largest absolute Gasteiger partial charge is 0.495 e. The van der Waals surface area contributed by atoms with Crippen LogP contribution in [0.25, 0.3) is 0 Å². The Kier molecular flexibility index (Phi) is 9.29. The highest BCUT2D eigenvalue weighted by Gasteiger charge is 2.08. The molecule has 0 heterocycles. The highest BCUT2D eigenvalue weighted by atomic mass is 16.5. The number of ketones is 2. The van der Waals surface area contributed by atoms with Crippen LogP contribution in [-0.2, 0) is 6.42 Å². The van der Waals surface area contributed by atoms with Crippen LogP contribution in [0.5, 0.6) is 11.5 Å². The minimum absolute atomic E-state index is 0.0798. The zero-order chi connectivity index (χ0) is 27.5. The Morgan fingerprint density at radius 1 is 0.615 bits per heavy atom. The predicted octanol–water partition coefficient (Wildman–Crippen LogP) is 6.91. The van der Waals surface area contributed by atoms with Gasteiger partial charge in [-0.1, -0.05) is 72.8 Å². The minimum Gasteiger partial charge on any atom is -0.495 e. The Morgan fingerprint density at radius 3 is 1.41 bits per heavy atom. The summed E-state index contributed by atoms with van der Waals surface area (Å²) in [5, 5.41) is 6.27. The van der Waals surface area contributed by atoms with E-state index in [0.29, 0.717) is 29.0 Å². The third-order valence-electron chi connectivity index (χ3n) is 6.00. The van der Waals surface area contributed by atoms with Crippen LogP contribution in [0.4, 0.5) is 11.4 Å². The van der Waals surface area contributed by atoms with E-state index >= 15 is 0 Å². The van der Waals surface area contributed by atoms with Gasteiger partial charge in [-0.3, -0.25) is 9.59 Å². The van der Waals surface area contributed by atoms with E-state index < -0.39 is 0 Å². The van der Waals surface area contributed by atoms with Crippen molar-refractivity contribution in [2.24, 2.45) is 0 Å². The number of carbonyl (C=O) groups is 2. The van der Waals surface area contributed by atoms with Crippen LogP contribution in [0.3, 0.4) is 0 Å². The molecule has 0 spiro atoms. The minimum atomic E-state index is -0.0798. The van der Waals surface area contributed by atoms with Crippen LogP contribution in [0.2, 0.25) is 0 Å². The Balaban J connectivity index is 1.39. The molecule has 4 aromatic rings. The lowest BCUT2D eigenvalue weighted by Crippen LogP contribution is -1.99. The number of hydrogen-bond acceptors (Lipinski definition) is 6. The average Bonchev–Trinajstić information content (AvgIpc) is 2.99. The first-order valence-electron chi connectivity index (χ1n) is 12.5. The number of allylic oxidation sites excluding steroid dienone is 2. The van der Waals surface area contributed by atoms with Crippen molar-refractivity contribution in [3.8, 4) is 11.5 Å². The van der Waals surface area contributed by atoms with Crippen LogP contribution < -0.4 is 20.1 Å². The first-order valence-corrected chi connectivity index (χ1v) is 12.5. The monoisotopic (exact) mass is 518 g/mol. The van der Waals surface area contributed by atoms with Crippen molar-refractivity contribution in [1.82, 2.24) is 0 Å². The summed E-state index contributed by atoms with van der Waals surface area (Å²) in [5.74, 6) is 1.18. The number of hydrogen-bond donors (Lipinski definition) is 2. The molecule has 0 aliphatic rings. The summed E-state index contributed by atoms with van der Waals surface area (Å²) in [7, 11) is 3.23. The van der Waals surface area contributed by atoms with Crippen LogP contribution in [0, 0.1) is 0 Å². The van der Waals surface area contributed by atoms with Gasteiger partial charge in [0.25, 0.3) is 0 Å². The molecule has 0 saturated carbocycles. The van der Waals surface area contributed by atoms with E-state index in [0.717, 1.165) is 22.5 Å². The maximum Gasteiger partial charge on any atom is 0.187 e. The molecule has 39 heavy (non-hydrogen) atoms. The fourth-order valence-corrected chi connectivity index (χ4v) is 3.98. The van der Waals surface area contributed by atoms with Crippen LogP contribution in [0.1, 0.15) is 31.8 Å². The SMILES string of the molecule is COc1cc(Cc2ccc(N/C=C/C(=O)c3ccccc3)c(OC)c2)ccc1N/C=C/C(=O)c1ccccc1. The first-order chi connectivity index (χ1) is 19.1. The first kappa shape index (κ1) is 26.9. The number of carbonyl (C=O) groups excluding carboxylic acids is 2. The Bertz CT molecular complexity index is 1370. The zero-order valence-corrected chi connectivity index (χ0v) is 21.9. The Labute approximate surface area is 228 Å². The molecule has 0 radical (unpaired) electrons. The van der Waals surface area contributed by atoms with E-state index in [1.807, 2.05) is 72.8 Å². The summed E-state index contributed by atoms with van der Waals surface area (Å²) in [4.78, 5) is 24.6. The zero-order valence-electron chi connectivity index (χ0n) is 21.9. The van der Waals surface area contributed by atoms with Gasteiger partial charge >= 0.3 is 0 Å². The van der Waals surface area contributed by atoms with E-state index in [-0.39, 0.29) is 11.6 Å². The van der Waals surface area contributed by atoms with Crippen molar-refractivity contribution >= 4 is 22.9 Å². The molecule has 0 fully saturated rings. The molecule has 196 valence electrons.